The first kappa shape index (κ1) is 22.0. The largest absolute Gasteiger partial charge is 0.488 e. The highest BCUT2D eigenvalue weighted by atomic mass is 32.1. The molecule has 0 unspecified atom stereocenters. The van der Waals surface area contributed by atoms with E-state index in [1.807, 2.05) is 0 Å². The van der Waals surface area contributed by atoms with Gasteiger partial charge in [-0.3, -0.25) is 4.79 Å². The average molecular weight is 443 g/mol. The SMILES string of the molecule is COC(=O)c1sccc1NC(=O)COC(=O)c1ccccc1OCc1ccc(F)cc1. The molecule has 0 saturated heterocycles. The minimum atomic E-state index is -0.747. The van der Waals surface area contributed by atoms with Crippen molar-refractivity contribution >= 4 is 34.9 Å². The van der Waals surface area contributed by atoms with E-state index in [1.165, 1.54) is 25.3 Å². The number of methoxy groups -OCH3 is 1. The van der Waals surface area contributed by atoms with Crippen LogP contribution in [0.4, 0.5) is 10.1 Å². The van der Waals surface area contributed by atoms with Gasteiger partial charge in [-0.05, 0) is 41.3 Å². The molecule has 3 aromatic rings. The van der Waals surface area contributed by atoms with E-state index >= 15 is 0 Å². The Kier molecular flexibility index (Phi) is 7.34. The summed E-state index contributed by atoms with van der Waals surface area (Å²) in [6, 6.07) is 13.8. The zero-order valence-corrected chi connectivity index (χ0v) is 17.2. The van der Waals surface area contributed by atoms with Gasteiger partial charge in [0.1, 0.15) is 28.6 Å². The summed E-state index contributed by atoms with van der Waals surface area (Å²) in [6.07, 6.45) is 0. The molecular weight excluding hydrogens is 425 g/mol. The number of amides is 1. The van der Waals surface area contributed by atoms with Crippen LogP contribution in [0.25, 0.3) is 0 Å². The third kappa shape index (κ3) is 5.89. The van der Waals surface area contributed by atoms with Crippen LogP contribution in [0.2, 0.25) is 0 Å². The monoisotopic (exact) mass is 443 g/mol. The molecule has 0 aliphatic carbocycles. The first-order valence-electron chi connectivity index (χ1n) is 9.07. The molecule has 0 aliphatic heterocycles. The molecule has 31 heavy (non-hydrogen) atoms. The third-order valence-electron chi connectivity index (χ3n) is 4.06. The van der Waals surface area contributed by atoms with E-state index in [1.54, 1.807) is 41.8 Å². The van der Waals surface area contributed by atoms with Crippen molar-refractivity contribution in [3.63, 3.8) is 0 Å². The van der Waals surface area contributed by atoms with Crippen LogP contribution in [-0.4, -0.2) is 31.6 Å². The maximum Gasteiger partial charge on any atom is 0.350 e. The predicted molar refractivity (Wildman–Crippen MR) is 112 cm³/mol. The van der Waals surface area contributed by atoms with Gasteiger partial charge in [-0.2, -0.15) is 0 Å². The van der Waals surface area contributed by atoms with E-state index in [-0.39, 0.29) is 34.3 Å². The van der Waals surface area contributed by atoms with Crippen LogP contribution in [-0.2, 0) is 20.9 Å². The van der Waals surface area contributed by atoms with Crippen LogP contribution in [0.5, 0.6) is 5.75 Å². The Labute approximate surface area is 181 Å². The zero-order chi connectivity index (χ0) is 22.2. The highest BCUT2D eigenvalue weighted by Crippen LogP contribution is 2.23. The fraction of sp³-hybridized carbons (Fsp3) is 0.136. The Morgan fingerprint density at radius 2 is 1.74 bits per heavy atom. The van der Waals surface area contributed by atoms with Crippen molar-refractivity contribution in [2.24, 2.45) is 0 Å². The molecule has 0 aliphatic rings. The van der Waals surface area contributed by atoms with Crippen molar-refractivity contribution in [3.8, 4) is 5.75 Å². The summed E-state index contributed by atoms with van der Waals surface area (Å²) < 4.78 is 28.4. The van der Waals surface area contributed by atoms with E-state index in [4.69, 9.17) is 9.47 Å². The summed E-state index contributed by atoms with van der Waals surface area (Å²) >= 11 is 1.12. The smallest absolute Gasteiger partial charge is 0.350 e. The number of carbonyl (C=O) groups excluding carboxylic acids is 3. The Morgan fingerprint density at radius 1 is 1.00 bits per heavy atom. The lowest BCUT2D eigenvalue weighted by Gasteiger charge is -2.11. The van der Waals surface area contributed by atoms with Gasteiger partial charge >= 0.3 is 11.9 Å². The first-order chi connectivity index (χ1) is 15.0. The summed E-state index contributed by atoms with van der Waals surface area (Å²) in [5, 5.41) is 4.14. The number of carbonyl (C=O) groups is 3. The van der Waals surface area contributed by atoms with Crippen molar-refractivity contribution in [1.29, 1.82) is 0 Å². The van der Waals surface area contributed by atoms with Gasteiger partial charge in [-0.15, -0.1) is 11.3 Å². The minimum Gasteiger partial charge on any atom is -0.488 e. The lowest BCUT2D eigenvalue weighted by molar-refractivity contribution is -0.119. The fourth-order valence-electron chi connectivity index (χ4n) is 2.56. The van der Waals surface area contributed by atoms with Gasteiger partial charge in [0.15, 0.2) is 6.61 Å². The lowest BCUT2D eigenvalue weighted by atomic mass is 10.2. The molecule has 1 N–H and O–H groups in total. The summed E-state index contributed by atoms with van der Waals surface area (Å²) in [5.41, 5.74) is 1.14. The number of nitrogens with one attached hydrogen (secondary N) is 1. The molecule has 1 amide bonds. The summed E-state index contributed by atoms with van der Waals surface area (Å²) in [6.45, 7) is -0.429. The van der Waals surface area contributed by atoms with Gasteiger partial charge < -0.3 is 19.5 Å². The van der Waals surface area contributed by atoms with Crippen LogP contribution < -0.4 is 10.1 Å². The highest BCUT2D eigenvalue weighted by molar-refractivity contribution is 7.12. The Hall–Kier alpha value is -3.72. The Bertz CT molecular complexity index is 1080. The number of thiophene rings is 1. The molecule has 2 aromatic carbocycles. The molecule has 0 spiro atoms. The van der Waals surface area contributed by atoms with Crippen molar-refractivity contribution in [2.75, 3.05) is 19.0 Å². The number of hydrogen-bond acceptors (Lipinski definition) is 7. The summed E-state index contributed by atoms with van der Waals surface area (Å²) in [7, 11) is 1.24. The molecule has 7 nitrogen and oxygen atoms in total. The van der Waals surface area contributed by atoms with Crippen LogP contribution >= 0.6 is 11.3 Å². The van der Waals surface area contributed by atoms with Crippen molar-refractivity contribution < 1.29 is 33.0 Å². The quantitative estimate of drug-likeness (QED) is 0.528. The fourth-order valence-corrected chi connectivity index (χ4v) is 3.32. The molecule has 0 saturated carbocycles. The Balaban J connectivity index is 1.58. The number of benzene rings is 2. The zero-order valence-electron chi connectivity index (χ0n) is 16.4. The van der Waals surface area contributed by atoms with Crippen molar-refractivity contribution in [1.82, 2.24) is 0 Å². The number of esters is 2. The van der Waals surface area contributed by atoms with Gasteiger partial charge in [0.2, 0.25) is 0 Å². The molecule has 9 heteroatoms. The van der Waals surface area contributed by atoms with Crippen molar-refractivity contribution in [2.45, 2.75) is 6.61 Å². The molecule has 1 aromatic heterocycles. The molecule has 0 radical (unpaired) electrons. The van der Waals surface area contributed by atoms with Crippen molar-refractivity contribution in [3.05, 3.63) is 81.8 Å². The van der Waals surface area contributed by atoms with Gasteiger partial charge in [0, 0.05) is 0 Å². The summed E-state index contributed by atoms with van der Waals surface area (Å²) in [5.74, 6) is -2.02. The van der Waals surface area contributed by atoms with E-state index < -0.39 is 24.5 Å². The Morgan fingerprint density at radius 3 is 2.48 bits per heavy atom. The van der Waals surface area contributed by atoms with Crippen LogP contribution in [0, 0.1) is 5.82 Å². The molecule has 3 rings (SSSR count). The second-order valence-corrected chi connectivity index (χ2v) is 7.11. The minimum absolute atomic E-state index is 0.125. The standard InChI is InChI=1S/C22H18FNO6S/c1-28-22(27)20-17(10-11-31-20)24-19(25)13-30-21(26)16-4-2-3-5-18(16)29-12-14-6-8-15(23)9-7-14/h2-11H,12-13H2,1H3,(H,24,25). The van der Waals surface area contributed by atoms with Crippen LogP contribution in [0.3, 0.4) is 0 Å². The number of rotatable bonds is 8. The van der Waals surface area contributed by atoms with Crippen LogP contribution in [0.1, 0.15) is 25.6 Å². The van der Waals surface area contributed by atoms with Gasteiger partial charge in [0.05, 0.1) is 12.8 Å². The van der Waals surface area contributed by atoms with Crippen LogP contribution in [0.15, 0.2) is 60.0 Å². The third-order valence-corrected chi connectivity index (χ3v) is 4.95. The maximum absolute atomic E-state index is 13.0. The first-order valence-corrected chi connectivity index (χ1v) is 9.95. The van der Waals surface area contributed by atoms with Gasteiger partial charge in [-0.25, -0.2) is 14.0 Å². The molecule has 1 heterocycles. The molecule has 0 atom stereocenters. The molecular formula is C22H18FNO6S. The predicted octanol–water partition coefficient (Wildman–Crippen LogP) is 4.05. The van der Waals surface area contributed by atoms with E-state index in [0.717, 1.165) is 16.9 Å². The highest BCUT2D eigenvalue weighted by Gasteiger charge is 2.18. The number of anilines is 1. The van der Waals surface area contributed by atoms with Gasteiger partial charge in [-0.1, -0.05) is 24.3 Å². The average Bonchev–Trinajstić information content (AvgIpc) is 3.24. The summed E-state index contributed by atoms with van der Waals surface area (Å²) in [4.78, 5) is 36.5. The molecule has 0 fully saturated rings. The normalized spacial score (nSPS) is 10.3. The number of hydrogen-bond donors (Lipinski definition) is 1. The van der Waals surface area contributed by atoms with E-state index in [9.17, 15) is 18.8 Å². The molecule has 0 bridgehead atoms. The topological polar surface area (TPSA) is 90.9 Å². The second-order valence-electron chi connectivity index (χ2n) is 6.19. The number of ether oxygens (including phenoxy) is 3. The van der Waals surface area contributed by atoms with E-state index in [2.05, 4.69) is 10.1 Å². The second kappa shape index (κ2) is 10.4. The lowest BCUT2D eigenvalue weighted by Crippen LogP contribution is -2.22. The van der Waals surface area contributed by atoms with E-state index in [0.29, 0.717) is 0 Å². The number of halogens is 1. The molecule has 160 valence electrons. The van der Waals surface area contributed by atoms with Gasteiger partial charge in [0.25, 0.3) is 5.91 Å². The maximum atomic E-state index is 13.0. The number of para-hydroxylation sites is 1.